The largest absolute Gasteiger partial charge is 0.378 e. The second-order valence-corrected chi connectivity index (χ2v) is 6.48. The molecule has 1 fully saturated rings. The summed E-state index contributed by atoms with van der Waals surface area (Å²) in [5.74, 6) is -0.334. The highest BCUT2D eigenvalue weighted by molar-refractivity contribution is 6.44. The molecule has 0 spiro atoms. The highest BCUT2D eigenvalue weighted by Gasteiger charge is 2.20. The quantitative estimate of drug-likeness (QED) is 0.830. The van der Waals surface area contributed by atoms with Gasteiger partial charge in [-0.3, -0.25) is 4.79 Å². The van der Waals surface area contributed by atoms with Gasteiger partial charge in [-0.1, -0.05) is 46.9 Å². The van der Waals surface area contributed by atoms with Crippen molar-refractivity contribution in [2.45, 2.75) is 0 Å². The Morgan fingerprint density at radius 2 is 1.67 bits per heavy atom. The van der Waals surface area contributed by atoms with Gasteiger partial charge in [0.1, 0.15) is 0 Å². The number of carbonyl (C=O) groups is 1. The fraction of sp³-hybridized carbons (Fsp3) is 0.235. The lowest BCUT2D eigenvalue weighted by molar-refractivity contribution is 0.102. The van der Waals surface area contributed by atoms with Gasteiger partial charge >= 0.3 is 0 Å². The molecule has 0 aromatic heterocycles. The lowest BCUT2D eigenvalue weighted by Crippen LogP contribution is -2.37. The molecule has 0 aliphatic carbocycles. The van der Waals surface area contributed by atoms with Crippen LogP contribution in [0.25, 0.3) is 0 Å². The molecule has 1 amide bonds. The van der Waals surface area contributed by atoms with E-state index in [1.165, 1.54) is 0 Å². The summed E-state index contributed by atoms with van der Waals surface area (Å²) in [7, 11) is 0. The first-order chi connectivity index (χ1) is 11.6. The molecule has 4 nitrogen and oxygen atoms in total. The Bertz CT molecular complexity index is 761. The summed E-state index contributed by atoms with van der Waals surface area (Å²) in [6.45, 7) is 2.67. The number of amides is 1. The van der Waals surface area contributed by atoms with Crippen LogP contribution in [0, 0.1) is 0 Å². The van der Waals surface area contributed by atoms with Crippen molar-refractivity contribution < 1.29 is 9.53 Å². The Labute approximate surface area is 155 Å². The molecule has 0 radical (unpaired) electrons. The first kappa shape index (κ1) is 17.4. The van der Waals surface area contributed by atoms with Gasteiger partial charge in [0.2, 0.25) is 0 Å². The zero-order valence-electron chi connectivity index (χ0n) is 12.7. The van der Waals surface area contributed by atoms with E-state index in [4.69, 9.17) is 39.5 Å². The normalized spacial score (nSPS) is 14.5. The smallest absolute Gasteiger partial charge is 0.257 e. The summed E-state index contributed by atoms with van der Waals surface area (Å²) in [4.78, 5) is 14.7. The van der Waals surface area contributed by atoms with Crippen LogP contribution in [0.4, 0.5) is 11.4 Å². The average molecular weight is 386 g/mol. The van der Waals surface area contributed by atoms with Gasteiger partial charge in [0.15, 0.2) is 0 Å². The topological polar surface area (TPSA) is 41.6 Å². The maximum Gasteiger partial charge on any atom is 0.257 e. The van der Waals surface area contributed by atoms with Crippen molar-refractivity contribution in [2.24, 2.45) is 0 Å². The third-order valence-electron chi connectivity index (χ3n) is 3.76. The second-order valence-electron chi connectivity index (χ2n) is 5.29. The molecule has 0 unspecified atom stereocenters. The monoisotopic (exact) mass is 384 g/mol. The number of carbonyl (C=O) groups excluding carboxylic acids is 1. The lowest BCUT2D eigenvalue weighted by Gasteiger charge is -2.31. The van der Waals surface area contributed by atoms with Crippen molar-refractivity contribution in [1.29, 1.82) is 0 Å². The number of nitrogens with one attached hydrogen (secondary N) is 1. The summed E-state index contributed by atoms with van der Waals surface area (Å²) in [6, 6.07) is 10.4. The molecule has 24 heavy (non-hydrogen) atoms. The van der Waals surface area contributed by atoms with Crippen LogP contribution in [0.5, 0.6) is 0 Å². The highest BCUT2D eigenvalue weighted by atomic mass is 35.5. The van der Waals surface area contributed by atoms with E-state index < -0.39 is 0 Å². The third kappa shape index (κ3) is 3.62. The number of nitrogens with zero attached hydrogens (tertiary/aromatic N) is 1. The number of rotatable bonds is 3. The van der Waals surface area contributed by atoms with E-state index in [0.717, 1.165) is 5.69 Å². The molecule has 2 aromatic rings. The molecular formula is C17H15Cl3N2O2. The van der Waals surface area contributed by atoms with Gasteiger partial charge in [-0.2, -0.15) is 0 Å². The zero-order chi connectivity index (χ0) is 17.1. The molecule has 126 valence electrons. The Balaban J connectivity index is 1.91. The molecule has 1 N–H and O–H groups in total. The number of halogens is 3. The number of anilines is 2. The van der Waals surface area contributed by atoms with Crippen LogP contribution in [0.15, 0.2) is 36.4 Å². The second kappa shape index (κ2) is 7.62. The number of hydrogen-bond donors (Lipinski definition) is 1. The summed E-state index contributed by atoms with van der Waals surface area (Å²) in [5, 5.41) is 4.03. The van der Waals surface area contributed by atoms with Gasteiger partial charge in [0, 0.05) is 13.1 Å². The van der Waals surface area contributed by atoms with E-state index in [0.29, 0.717) is 47.6 Å². The van der Waals surface area contributed by atoms with E-state index >= 15 is 0 Å². The predicted molar refractivity (Wildman–Crippen MR) is 98.9 cm³/mol. The van der Waals surface area contributed by atoms with Crippen molar-refractivity contribution in [3.63, 3.8) is 0 Å². The minimum atomic E-state index is -0.334. The molecule has 1 aliphatic rings. The summed E-state index contributed by atoms with van der Waals surface area (Å²) < 4.78 is 5.38. The number of morpholine rings is 1. The van der Waals surface area contributed by atoms with Crippen LogP contribution in [0.3, 0.4) is 0 Å². The first-order valence-electron chi connectivity index (χ1n) is 7.44. The molecule has 0 saturated carbocycles. The molecule has 1 aliphatic heterocycles. The van der Waals surface area contributed by atoms with E-state index in [2.05, 4.69) is 10.2 Å². The highest BCUT2D eigenvalue weighted by Crippen LogP contribution is 2.35. The maximum atomic E-state index is 12.6. The fourth-order valence-corrected chi connectivity index (χ4v) is 3.27. The van der Waals surface area contributed by atoms with Gasteiger partial charge in [-0.15, -0.1) is 0 Å². The summed E-state index contributed by atoms with van der Waals surface area (Å²) in [6.07, 6.45) is 0. The number of hydrogen-bond acceptors (Lipinski definition) is 3. The Hall–Kier alpha value is -1.46. The van der Waals surface area contributed by atoms with E-state index in [-0.39, 0.29) is 10.9 Å². The van der Waals surface area contributed by atoms with Crippen LogP contribution in [-0.2, 0) is 4.74 Å². The van der Waals surface area contributed by atoms with Crippen molar-refractivity contribution >= 4 is 52.1 Å². The van der Waals surface area contributed by atoms with Crippen molar-refractivity contribution in [3.8, 4) is 0 Å². The standard InChI is InChI=1S/C17H15Cl3N2O2/c18-12-4-1-3-11(15(12)20)17(23)21-14-6-2-5-13(19)16(14)22-7-9-24-10-8-22/h1-6H,7-10H2,(H,21,23). The van der Waals surface area contributed by atoms with Crippen LogP contribution in [-0.4, -0.2) is 32.2 Å². The van der Waals surface area contributed by atoms with Gasteiger partial charge < -0.3 is 15.0 Å². The third-order valence-corrected chi connectivity index (χ3v) is 4.88. The summed E-state index contributed by atoms with van der Waals surface area (Å²) >= 11 is 18.5. The molecular weight excluding hydrogens is 371 g/mol. The SMILES string of the molecule is O=C(Nc1cccc(Cl)c1N1CCOCC1)c1cccc(Cl)c1Cl. The Morgan fingerprint density at radius 3 is 2.42 bits per heavy atom. The van der Waals surface area contributed by atoms with Gasteiger partial charge in [0.05, 0.1) is 45.2 Å². The van der Waals surface area contributed by atoms with Crippen LogP contribution in [0.1, 0.15) is 10.4 Å². The Morgan fingerprint density at radius 1 is 1.00 bits per heavy atom. The molecule has 0 atom stereocenters. The van der Waals surface area contributed by atoms with E-state index in [9.17, 15) is 4.79 Å². The molecule has 2 aromatic carbocycles. The van der Waals surface area contributed by atoms with Crippen LogP contribution >= 0.6 is 34.8 Å². The minimum Gasteiger partial charge on any atom is -0.378 e. The molecule has 7 heteroatoms. The van der Waals surface area contributed by atoms with Crippen molar-refractivity contribution in [1.82, 2.24) is 0 Å². The fourth-order valence-electron chi connectivity index (χ4n) is 2.59. The summed E-state index contributed by atoms with van der Waals surface area (Å²) in [5.41, 5.74) is 1.73. The van der Waals surface area contributed by atoms with Crippen LogP contribution < -0.4 is 10.2 Å². The van der Waals surface area contributed by atoms with Crippen molar-refractivity contribution in [3.05, 3.63) is 57.0 Å². The van der Waals surface area contributed by atoms with Gasteiger partial charge in [-0.05, 0) is 24.3 Å². The molecule has 0 bridgehead atoms. The Kier molecular flexibility index (Phi) is 5.51. The van der Waals surface area contributed by atoms with Crippen LogP contribution in [0.2, 0.25) is 15.1 Å². The molecule has 3 rings (SSSR count). The first-order valence-corrected chi connectivity index (χ1v) is 8.58. The average Bonchev–Trinajstić information content (AvgIpc) is 2.58. The number of benzene rings is 2. The maximum absolute atomic E-state index is 12.6. The zero-order valence-corrected chi connectivity index (χ0v) is 15.0. The van der Waals surface area contributed by atoms with E-state index in [1.54, 1.807) is 30.3 Å². The lowest BCUT2D eigenvalue weighted by atomic mass is 10.2. The molecule has 1 saturated heterocycles. The van der Waals surface area contributed by atoms with Gasteiger partial charge in [-0.25, -0.2) is 0 Å². The minimum absolute atomic E-state index is 0.228. The van der Waals surface area contributed by atoms with Crippen molar-refractivity contribution in [2.75, 3.05) is 36.5 Å². The molecule has 1 heterocycles. The predicted octanol–water partition coefficient (Wildman–Crippen LogP) is 4.74. The number of para-hydroxylation sites is 1. The van der Waals surface area contributed by atoms with E-state index in [1.807, 2.05) is 6.07 Å². The van der Waals surface area contributed by atoms with Gasteiger partial charge in [0.25, 0.3) is 5.91 Å². The number of ether oxygens (including phenoxy) is 1.